The lowest BCUT2D eigenvalue weighted by atomic mass is 9.94. The number of Topliss-reactive ketones (excluding diaryl/α,β-unsaturated/α-hetero) is 1. The third kappa shape index (κ3) is 2.78. The number of H-pyrrole nitrogens is 1. The van der Waals surface area contributed by atoms with E-state index in [-0.39, 0.29) is 16.5 Å². The summed E-state index contributed by atoms with van der Waals surface area (Å²) in [4.78, 5) is 19.9. The molecule has 26 heavy (non-hydrogen) atoms. The Morgan fingerprint density at radius 3 is 2.73 bits per heavy atom. The maximum Gasteiger partial charge on any atom is 0.263 e. The Morgan fingerprint density at radius 1 is 1.15 bits per heavy atom. The van der Waals surface area contributed by atoms with Crippen molar-refractivity contribution in [3.63, 3.8) is 0 Å². The van der Waals surface area contributed by atoms with Gasteiger partial charge >= 0.3 is 0 Å². The van der Waals surface area contributed by atoms with Gasteiger partial charge in [-0.05, 0) is 56.5 Å². The number of anilines is 1. The number of aromatic nitrogens is 2. The summed E-state index contributed by atoms with van der Waals surface area (Å²) < 4.78 is 28.2. The van der Waals surface area contributed by atoms with E-state index in [1.807, 2.05) is 0 Å². The molecule has 0 amide bonds. The molecular weight excluding hydrogens is 350 g/mol. The van der Waals surface area contributed by atoms with Crippen molar-refractivity contribution in [3.8, 4) is 0 Å². The molecule has 1 aliphatic rings. The predicted octanol–water partition coefficient (Wildman–Crippen LogP) is 3.50. The van der Waals surface area contributed by atoms with E-state index in [1.54, 1.807) is 44.2 Å². The Labute approximate surface area is 151 Å². The lowest BCUT2D eigenvalue weighted by molar-refractivity contribution is 0.0974. The molecule has 4 rings (SSSR count). The summed E-state index contributed by atoms with van der Waals surface area (Å²) in [5.41, 5.74) is 3.62. The Balaban J connectivity index is 1.81. The normalized spacial score (nSPS) is 14.5. The molecule has 0 aliphatic heterocycles. The average Bonchev–Trinajstić information content (AvgIpc) is 2.92. The van der Waals surface area contributed by atoms with E-state index in [9.17, 15) is 13.2 Å². The van der Waals surface area contributed by atoms with Gasteiger partial charge in [-0.3, -0.25) is 9.52 Å². The fourth-order valence-electron chi connectivity index (χ4n) is 3.52. The van der Waals surface area contributed by atoms with E-state index < -0.39 is 10.0 Å². The van der Waals surface area contributed by atoms with Gasteiger partial charge in [-0.25, -0.2) is 13.4 Å². The third-order valence-corrected chi connectivity index (χ3v) is 6.19. The molecule has 0 spiro atoms. The molecule has 134 valence electrons. The molecule has 0 unspecified atom stereocenters. The average molecular weight is 369 g/mol. The zero-order valence-electron chi connectivity index (χ0n) is 14.6. The van der Waals surface area contributed by atoms with Crippen LogP contribution < -0.4 is 4.72 Å². The van der Waals surface area contributed by atoms with Crippen molar-refractivity contribution in [2.45, 2.75) is 38.0 Å². The molecule has 1 aliphatic carbocycles. The van der Waals surface area contributed by atoms with Crippen LogP contribution in [0.1, 0.15) is 40.2 Å². The SMILES string of the molecule is Cc1cccc(NS(=O)(=O)c2cc3[nH]c4c(c3cc2C)C(=O)CCC4)n1. The number of hydrogen-bond acceptors (Lipinski definition) is 4. The number of rotatable bonds is 3. The van der Waals surface area contributed by atoms with Crippen LogP contribution in [0.5, 0.6) is 0 Å². The van der Waals surface area contributed by atoms with Crippen molar-refractivity contribution in [2.24, 2.45) is 0 Å². The topological polar surface area (TPSA) is 91.9 Å². The molecule has 3 aromatic rings. The molecule has 0 radical (unpaired) electrons. The van der Waals surface area contributed by atoms with Crippen molar-refractivity contribution in [3.05, 3.63) is 52.8 Å². The van der Waals surface area contributed by atoms with Crippen molar-refractivity contribution >= 4 is 32.5 Å². The number of pyridine rings is 1. The molecule has 0 fully saturated rings. The summed E-state index contributed by atoms with van der Waals surface area (Å²) in [5.74, 6) is 0.403. The first-order chi connectivity index (χ1) is 12.3. The van der Waals surface area contributed by atoms with Crippen molar-refractivity contribution in [1.29, 1.82) is 0 Å². The number of aromatic amines is 1. The van der Waals surface area contributed by atoms with E-state index in [1.165, 1.54) is 0 Å². The summed E-state index contributed by atoms with van der Waals surface area (Å²) in [7, 11) is -3.78. The van der Waals surface area contributed by atoms with Crippen LogP contribution >= 0.6 is 0 Å². The second kappa shape index (κ2) is 5.95. The standard InChI is InChI=1S/C19H19N3O3S/c1-11-9-13-15(21-14-6-4-7-16(23)19(13)14)10-17(11)26(24,25)22-18-8-3-5-12(2)20-18/h3,5,8-10,21H,4,6-7H2,1-2H3,(H,20,22). The molecule has 2 heterocycles. The van der Waals surface area contributed by atoms with E-state index in [4.69, 9.17) is 0 Å². The van der Waals surface area contributed by atoms with Crippen LogP contribution in [0.15, 0.2) is 35.2 Å². The number of ketones is 1. The van der Waals surface area contributed by atoms with Crippen LogP contribution in [0, 0.1) is 13.8 Å². The number of benzene rings is 1. The van der Waals surface area contributed by atoms with Crippen LogP contribution in [0.3, 0.4) is 0 Å². The Bertz CT molecular complexity index is 1150. The van der Waals surface area contributed by atoms with Gasteiger partial charge in [0.1, 0.15) is 5.82 Å². The predicted molar refractivity (Wildman–Crippen MR) is 100 cm³/mol. The number of nitrogens with zero attached hydrogens (tertiary/aromatic N) is 1. The highest BCUT2D eigenvalue weighted by Crippen LogP contribution is 2.32. The van der Waals surface area contributed by atoms with Gasteiger partial charge in [-0.1, -0.05) is 6.07 Å². The van der Waals surface area contributed by atoms with Crippen LogP contribution in [-0.2, 0) is 16.4 Å². The van der Waals surface area contributed by atoms with Gasteiger partial charge < -0.3 is 4.98 Å². The first-order valence-electron chi connectivity index (χ1n) is 8.50. The van der Waals surface area contributed by atoms with E-state index in [0.717, 1.165) is 29.6 Å². The molecule has 0 atom stereocenters. The summed E-state index contributed by atoms with van der Waals surface area (Å²) in [6.07, 6.45) is 2.17. The first-order valence-corrected chi connectivity index (χ1v) is 9.98. The van der Waals surface area contributed by atoms with Gasteiger partial charge in [0.05, 0.1) is 4.90 Å². The molecule has 0 saturated heterocycles. The van der Waals surface area contributed by atoms with Gasteiger partial charge in [0, 0.05) is 34.3 Å². The monoisotopic (exact) mass is 369 g/mol. The lowest BCUT2D eigenvalue weighted by Crippen LogP contribution is -2.15. The molecule has 0 saturated carbocycles. The quantitative estimate of drug-likeness (QED) is 0.739. The summed E-state index contributed by atoms with van der Waals surface area (Å²) in [5, 5.41) is 0.801. The second-order valence-corrected chi connectivity index (χ2v) is 8.34. The smallest absolute Gasteiger partial charge is 0.263 e. The zero-order valence-corrected chi connectivity index (χ0v) is 15.4. The first kappa shape index (κ1) is 16.8. The van der Waals surface area contributed by atoms with Crippen molar-refractivity contribution < 1.29 is 13.2 Å². The highest BCUT2D eigenvalue weighted by Gasteiger charge is 2.25. The molecule has 2 N–H and O–H groups in total. The summed E-state index contributed by atoms with van der Waals surface area (Å²) >= 11 is 0. The number of fused-ring (bicyclic) bond motifs is 3. The Morgan fingerprint density at radius 2 is 1.96 bits per heavy atom. The van der Waals surface area contributed by atoms with Gasteiger partial charge in [-0.15, -0.1) is 0 Å². The molecule has 2 aromatic heterocycles. The van der Waals surface area contributed by atoms with E-state index in [2.05, 4.69) is 14.7 Å². The lowest BCUT2D eigenvalue weighted by Gasteiger charge is -2.11. The highest BCUT2D eigenvalue weighted by molar-refractivity contribution is 7.92. The second-order valence-electron chi connectivity index (χ2n) is 6.69. The van der Waals surface area contributed by atoms with Gasteiger partial charge in [0.15, 0.2) is 5.78 Å². The van der Waals surface area contributed by atoms with Crippen molar-refractivity contribution in [1.82, 2.24) is 9.97 Å². The fourth-order valence-corrected chi connectivity index (χ4v) is 4.78. The van der Waals surface area contributed by atoms with Gasteiger partial charge in [0.2, 0.25) is 0 Å². The minimum absolute atomic E-state index is 0.120. The fraction of sp³-hybridized carbons (Fsp3) is 0.263. The van der Waals surface area contributed by atoms with Crippen LogP contribution in [0.4, 0.5) is 5.82 Å². The number of nitrogens with one attached hydrogen (secondary N) is 2. The summed E-state index contributed by atoms with van der Waals surface area (Å²) in [6, 6.07) is 8.56. The minimum atomic E-state index is -3.78. The summed E-state index contributed by atoms with van der Waals surface area (Å²) in [6.45, 7) is 3.54. The molecular formula is C19H19N3O3S. The van der Waals surface area contributed by atoms with E-state index >= 15 is 0 Å². The maximum absolute atomic E-state index is 12.9. The number of carbonyl (C=O) groups is 1. The van der Waals surface area contributed by atoms with Crippen LogP contribution in [0.2, 0.25) is 0 Å². The van der Waals surface area contributed by atoms with Crippen molar-refractivity contribution in [2.75, 3.05) is 4.72 Å². The Hall–Kier alpha value is -2.67. The Kier molecular flexibility index (Phi) is 3.84. The highest BCUT2D eigenvalue weighted by atomic mass is 32.2. The van der Waals surface area contributed by atoms with Gasteiger partial charge in [0.25, 0.3) is 10.0 Å². The number of sulfonamides is 1. The minimum Gasteiger partial charge on any atom is -0.358 e. The molecule has 7 heteroatoms. The maximum atomic E-state index is 12.9. The largest absolute Gasteiger partial charge is 0.358 e. The van der Waals surface area contributed by atoms with Crippen LogP contribution in [-0.4, -0.2) is 24.2 Å². The molecule has 0 bridgehead atoms. The third-order valence-electron chi connectivity index (χ3n) is 4.70. The number of aryl methyl sites for hydroxylation is 3. The molecule has 6 nitrogen and oxygen atoms in total. The number of hydrogen-bond donors (Lipinski definition) is 2. The van der Waals surface area contributed by atoms with Crippen LogP contribution in [0.25, 0.3) is 10.9 Å². The molecule has 1 aromatic carbocycles. The van der Waals surface area contributed by atoms with E-state index in [0.29, 0.717) is 23.1 Å². The number of carbonyl (C=O) groups excluding carboxylic acids is 1. The zero-order chi connectivity index (χ0) is 18.5. The van der Waals surface area contributed by atoms with Gasteiger partial charge in [-0.2, -0.15) is 0 Å².